The van der Waals surface area contributed by atoms with Crippen LogP contribution >= 0.6 is 11.6 Å². The van der Waals surface area contributed by atoms with Crippen LogP contribution in [0.25, 0.3) is 11.0 Å². The SMILES string of the molecule is COc1cc(Cl)cc2cc(C(=O)C3=C(O)C(=O)N(CCc4ccc(F)cc4)C3c3ccncc3)oc12. The van der Waals surface area contributed by atoms with Crippen molar-refractivity contribution >= 4 is 34.3 Å². The lowest BCUT2D eigenvalue weighted by Crippen LogP contribution is -2.33. The first-order valence-electron chi connectivity index (χ1n) is 11.1. The van der Waals surface area contributed by atoms with E-state index in [1.165, 1.54) is 30.2 Å². The third kappa shape index (κ3) is 4.20. The number of aliphatic hydroxyl groups excluding tert-OH is 1. The number of pyridine rings is 1. The quantitative estimate of drug-likeness (QED) is 0.335. The molecule has 7 nitrogen and oxygen atoms in total. The topological polar surface area (TPSA) is 92.9 Å². The number of aromatic nitrogens is 1. The van der Waals surface area contributed by atoms with E-state index in [1.807, 2.05) is 0 Å². The minimum absolute atomic E-state index is 0.0700. The van der Waals surface area contributed by atoms with Gasteiger partial charge in [-0.2, -0.15) is 0 Å². The van der Waals surface area contributed by atoms with Crippen molar-refractivity contribution in [3.63, 3.8) is 0 Å². The molecule has 9 heteroatoms. The number of rotatable bonds is 7. The van der Waals surface area contributed by atoms with E-state index in [2.05, 4.69) is 4.98 Å². The van der Waals surface area contributed by atoms with E-state index in [0.29, 0.717) is 33.7 Å². The summed E-state index contributed by atoms with van der Waals surface area (Å²) in [5.41, 5.74) is 1.62. The predicted molar refractivity (Wildman–Crippen MR) is 131 cm³/mol. The lowest BCUT2D eigenvalue weighted by Gasteiger charge is -2.26. The third-order valence-electron chi connectivity index (χ3n) is 6.12. The fourth-order valence-electron chi connectivity index (χ4n) is 4.39. The number of hydrogen-bond acceptors (Lipinski definition) is 6. The van der Waals surface area contributed by atoms with Crippen LogP contribution in [0, 0.1) is 5.82 Å². The van der Waals surface area contributed by atoms with Crippen LogP contribution in [0.3, 0.4) is 0 Å². The van der Waals surface area contributed by atoms with Crippen molar-refractivity contribution in [1.29, 1.82) is 0 Å². The molecule has 1 unspecified atom stereocenters. The summed E-state index contributed by atoms with van der Waals surface area (Å²) >= 11 is 6.14. The van der Waals surface area contributed by atoms with Crippen molar-refractivity contribution in [2.24, 2.45) is 0 Å². The monoisotopic (exact) mass is 506 g/mol. The Morgan fingerprint density at radius 1 is 1.17 bits per heavy atom. The average Bonchev–Trinajstić information content (AvgIpc) is 3.42. The first kappa shape index (κ1) is 23.6. The first-order valence-corrected chi connectivity index (χ1v) is 11.5. The second-order valence-corrected chi connectivity index (χ2v) is 8.72. The van der Waals surface area contributed by atoms with Crippen LogP contribution in [0.1, 0.15) is 27.7 Å². The Labute approximate surface area is 210 Å². The van der Waals surface area contributed by atoms with Crippen molar-refractivity contribution in [3.8, 4) is 5.75 Å². The minimum atomic E-state index is -0.868. The lowest BCUT2D eigenvalue weighted by atomic mass is 9.95. The Morgan fingerprint density at radius 3 is 2.58 bits per heavy atom. The molecule has 0 fully saturated rings. The number of amides is 1. The van der Waals surface area contributed by atoms with E-state index >= 15 is 0 Å². The second-order valence-electron chi connectivity index (χ2n) is 8.29. The summed E-state index contributed by atoms with van der Waals surface area (Å²) in [6, 6.07) is 13.1. The molecule has 5 rings (SSSR count). The van der Waals surface area contributed by atoms with Crippen LogP contribution in [0.5, 0.6) is 5.75 Å². The molecule has 0 saturated carbocycles. The zero-order chi connectivity index (χ0) is 25.4. The smallest absolute Gasteiger partial charge is 0.290 e. The van der Waals surface area contributed by atoms with Gasteiger partial charge in [-0.1, -0.05) is 23.7 Å². The van der Waals surface area contributed by atoms with Gasteiger partial charge in [0, 0.05) is 35.4 Å². The minimum Gasteiger partial charge on any atom is -0.503 e. The van der Waals surface area contributed by atoms with Gasteiger partial charge in [0.1, 0.15) is 5.82 Å². The van der Waals surface area contributed by atoms with Crippen LogP contribution in [0.4, 0.5) is 4.39 Å². The molecule has 2 aromatic heterocycles. The molecule has 1 aliphatic heterocycles. The zero-order valence-corrected chi connectivity index (χ0v) is 19.8. The lowest BCUT2D eigenvalue weighted by molar-refractivity contribution is -0.129. The standard InChI is InChI=1S/C27H20ClFN2O5/c1-35-21-14-18(28)12-17-13-20(36-26(17)21)24(32)22-23(16-6-9-30-10-7-16)31(27(34)25(22)33)11-8-15-2-4-19(29)5-3-15/h2-7,9-10,12-14,23,33H,8,11H2,1H3. The van der Waals surface area contributed by atoms with Crippen LogP contribution in [0.15, 0.2) is 82.7 Å². The van der Waals surface area contributed by atoms with E-state index in [9.17, 15) is 19.1 Å². The summed E-state index contributed by atoms with van der Waals surface area (Å²) in [4.78, 5) is 32.3. The molecule has 1 amide bonds. The predicted octanol–water partition coefficient (Wildman–Crippen LogP) is 5.45. The Morgan fingerprint density at radius 2 is 1.89 bits per heavy atom. The summed E-state index contributed by atoms with van der Waals surface area (Å²) in [5.74, 6) is -2.04. The summed E-state index contributed by atoms with van der Waals surface area (Å²) in [6.45, 7) is 0.182. The maximum Gasteiger partial charge on any atom is 0.290 e. The van der Waals surface area contributed by atoms with Crippen LogP contribution in [-0.4, -0.2) is 40.3 Å². The fourth-order valence-corrected chi connectivity index (χ4v) is 4.61. The highest BCUT2D eigenvalue weighted by atomic mass is 35.5. The number of hydrogen-bond donors (Lipinski definition) is 1. The Balaban J connectivity index is 1.53. The number of methoxy groups -OCH3 is 1. The molecule has 0 spiro atoms. The Hall–Kier alpha value is -4.17. The van der Waals surface area contributed by atoms with Gasteiger partial charge < -0.3 is 19.2 Å². The number of ether oxygens (including phenoxy) is 1. The maximum absolute atomic E-state index is 13.7. The summed E-state index contributed by atoms with van der Waals surface area (Å²) in [6.07, 6.45) is 3.48. The summed E-state index contributed by atoms with van der Waals surface area (Å²) in [7, 11) is 1.46. The molecule has 0 bridgehead atoms. The molecule has 3 heterocycles. The number of nitrogens with zero attached hydrogens (tertiary/aromatic N) is 2. The normalized spacial score (nSPS) is 15.7. The molecule has 1 aliphatic rings. The Bertz CT molecular complexity index is 1500. The summed E-state index contributed by atoms with van der Waals surface area (Å²) < 4.78 is 24.4. The first-order chi connectivity index (χ1) is 17.4. The molecule has 182 valence electrons. The van der Waals surface area contributed by atoms with Gasteiger partial charge in [-0.3, -0.25) is 14.6 Å². The fraction of sp³-hybridized carbons (Fsp3) is 0.148. The molecular formula is C27H20ClFN2O5. The van der Waals surface area contributed by atoms with E-state index in [1.54, 1.807) is 48.8 Å². The highest BCUT2D eigenvalue weighted by Gasteiger charge is 2.44. The summed E-state index contributed by atoms with van der Waals surface area (Å²) in [5, 5.41) is 11.8. The molecular weight excluding hydrogens is 487 g/mol. The highest BCUT2D eigenvalue weighted by Crippen LogP contribution is 2.40. The van der Waals surface area contributed by atoms with Crippen LogP contribution < -0.4 is 4.74 Å². The number of ketones is 1. The van der Waals surface area contributed by atoms with Crippen molar-refractivity contribution in [3.05, 3.63) is 106 Å². The molecule has 0 saturated heterocycles. The number of fused-ring (bicyclic) bond motifs is 1. The van der Waals surface area contributed by atoms with Gasteiger partial charge >= 0.3 is 0 Å². The Kier molecular flexibility index (Phi) is 6.20. The van der Waals surface area contributed by atoms with Crippen LogP contribution in [0.2, 0.25) is 5.02 Å². The zero-order valence-electron chi connectivity index (χ0n) is 19.1. The molecule has 1 atom stereocenters. The number of furan rings is 1. The molecule has 1 N–H and O–H groups in total. The van der Waals surface area contributed by atoms with Gasteiger partial charge in [0.2, 0.25) is 5.78 Å². The number of carbonyl (C=O) groups excluding carboxylic acids is 2. The van der Waals surface area contributed by atoms with Crippen molar-refractivity contribution in [1.82, 2.24) is 9.88 Å². The van der Waals surface area contributed by atoms with E-state index < -0.39 is 23.5 Å². The van der Waals surface area contributed by atoms with Crippen molar-refractivity contribution in [2.75, 3.05) is 13.7 Å². The van der Waals surface area contributed by atoms with Gasteiger partial charge in [-0.15, -0.1) is 0 Å². The molecule has 36 heavy (non-hydrogen) atoms. The largest absolute Gasteiger partial charge is 0.503 e. The molecule has 0 aliphatic carbocycles. The number of Topliss-reactive ketones (excluding diaryl/α,β-unsaturated/α-hetero) is 1. The van der Waals surface area contributed by atoms with Crippen molar-refractivity contribution < 1.29 is 28.2 Å². The van der Waals surface area contributed by atoms with E-state index in [4.69, 9.17) is 20.8 Å². The molecule has 0 radical (unpaired) electrons. The number of carbonyl (C=O) groups is 2. The number of benzene rings is 2. The number of halogens is 2. The average molecular weight is 507 g/mol. The molecule has 2 aromatic carbocycles. The van der Waals surface area contributed by atoms with E-state index in [0.717, 1.165) is 5.56 Å². The van der Waals surface area contributed by atoms with Gasteiger partial charge in [-0.05, 0) is 53.9 Å². The second kappa shape index (κ2) is 9.47. The highest BCUT2D eigenvalue weighted by molar-refractivity contribution is 6.31. The maximum atomic E-state index is 13.7. The van der Waals surface area contributed by atoms with Gasteiger partial charge in [-0.25, -0.2) is 4.39 Å². The van der Waals surface area contributed by atoms with E-state index in [-0.39, 0.29) is 23.7 Å². The van der Waals surface area contributed by atoms with Gasteiger partial charge in [0.15, 0.2) is 22.9 Å². The third-order valence-corrected chi connectivity index (χ3v) is 6.33. The van der Waals surface area contributed by atoms with Gasteiger partial charge in [0.05, 0.1) is 18.7 Å². The van der Waals surface area contributed by atoms with Crippen molar-refractivity contribution in [2.45, 2.75) is 12.5 Å². The number of aliphatic hydroxyl groups is 1. The van der Waals surface area contributed by atoms with Gasteiger partial charge in [0.25, 0.3) is 5.91 Å². The van der Waals surface area contributed by atoms with Crippen LogP contribution in [-0.2, 0) is 11.2 Å². The molecule has 4 aromatic rings.